The fraction of sp³-hybridized carbons (Fsp3) is 0.125. The predicted octanol–water partition coefficient (Wildman–Crippen LogP) is 4.93. The molecule has 1 aromatic heterocycles. The molecular weight excluding hydrogens is 323 g/mol. The van der Waals surface area contributed by atoms with Gasteiger partial charge in [-0.3, -0.25) is 0 Å². The Morgan fingerprint density at radius 3 is 2.59 bits per heavy atom. The number of aromatic nitrogens is 2. The van der Waals surface area contributed by atoms with E-state index in [0.717, 1.165) is 11.1 Å². The van der Waals surface area contributed by atoms with Gasteiger partial charge in [-0.1, -0.05) is 28.4 Å². The Morgan fingerprint density at radius 1 is 1.09 bits per heavy atom. The molecule has 0 unspecified atom stereocenters. The summed E-state index contributed by atoms with van der Waals surface area (Å²) in [6, 6.07) is 12.7. The van der Waals surface area contributed by atoms with Crippen LogP contribution in [0.25, 0.3) is 11.4 Å². The van der Waals surface area contributed by atoms with Crippen LogP contribution in [0.2, 0.25) is 10.0 Å². The molecule has 0 aliphatic heterocycles. The van der Waals surface area contributed by atoms with Crippen molar-refractivity contribution in [2.24, 2.45) is 0 Å². The average molecular weight is 335 g/mol. The van der Waals surface area contributed by atoms with Gasteiger partial charge in [0.25, 0.3) is 5.89 Å². The number of aryl methyl sites for hydroxylation is 1. The molecule has 1 heterocycles. The second kappa shape index (κ2) is 6.38. The molecule has 0 fully saturated rings. The molecule has 0 N–H and O–H groups in total. The minimum atomic E-state index is 0.196. The molecule has 0 spiro atoms. The normalized spacial score (nSPS) is 10.7. The smallest absolute Gasteiger partial charge is 0.264 e. The van der Waals surface area contributed by atoms with E-state index in [1.54, 1.807) is 24.3 Å². The maximum absolute atomic E-state index is 5.97. The Morgan fingerprint density at radius 2 is 1.86 bits per heavy atom. The molecule has 0 saturated heterocycles. The number of benzene rings is 2. The van der Waals surface area contributed by atoms with E-state index < -0.39 is 0 Å². The highest BCUT2D eigenvalue weighted by Gasteiger charge is 2.09. The molecule has 3 rings (SSSR count). The lowest BCUT2D eigenvalue weighted by Gasteiger charge is -2.04. The van der Waals surface area contributed by atoms with Crippen LogP contribution < -0.4 is 4.74 Å². The minimum Gasteiger partial charge on any atom is -0.484 e. The molecule has 3 aromatic rings. The van der Waals surface area contributed by atoms with E-state index in [9.17, 15) is 0 Å². The van der Waals surface area contributed by atoms with E-state index in [4.69, 9.17) is 32.5 Å². The minimum absolute atomic E-state index is 0.196. The van der Waals surface area contributed by atoms with Crippen LogP contribution in [-0.4, -0.2) is 10.1 Å². The molecule has 0 aliphatic rings. The van der Waals surface area contributed by atoms with E-state index in [0.29, 0.717) is 27.5 Å². The second-order valence-electron chi connectivity index (χ2n) is 4.72. The number of hydrogen-bond donors (Lipinski definition) is 0. The summed E-state index contributed by atoms with van der Waals surface area (Å²) in [5.74, 6) is 1.60. The van der Waals surface area contributed by atoms with Crippen LogP contribution in [0.3, 0.4) is 0 Å². The Hall–Kier alpha value is -2.04. The van der Waals surface area contributed by atoms with Crippen molar-refractivity contribution in [1.82, 2.24) is 10.1 Å². The maximum atomic E-state index is 5.97. The van der Waals surface area contributed by atoms with E-state index in [1.807, 2.05) is 25.1 Å². The van der Waals surface area contributed by atoms with Crippen molar-refractivity contribution in [3.8, 4) is 17.1 Å². The summed E-state index contributed by atoms with van der Waals surface area (Å²) in [4.78, 5) is 4.29. The number of ether oxygens (including phenoxy) is 1. The largest absolute Gasteiger partial charge is 0.484 e. The van der Waals surface area contributed by atoms with Crippen molar-refractivity contribution in [3.63, 3.8) is 0 Å². The third-order valence-corrected chi connectivity index (χ3v) is 3.74. The van der Waals surface area contributed by atoms with Crippen LogP contribution in [0.5, 0.6) is 5.75 Å². The zero-order chi connectivity index (χ0) is 15.5. The third kappa shape index (κ3) is 3.40. The van der Waals surface area contributed by atoms with Crippen molar-refractivity contribution in [2.45, 2.75) is 13.5 Å². The van der Waals surface area contributed by atoms with E-state index in [1.165, 1.54) is 0 Å². The van der Waals surface area contributed by atoms with Gasteiger partial charge >= 0.3 is 0 Å². The molecule has 0 aliphatic carbocycles. The molecule has 0 atom stereocenters. The van der Waals surface area contributed by atoms with Crippen molar-refractivity contribution in [2.75, 3.05) is 0 Å². The summed E-state index contributed by atoms with van der Waals surface area (Å²) < 4.78 is 10.8. The van der Waals surface area contributed by atoms with Gasteiger partial charge in [-0.05, 0) is 55.0 Å². The maximum Gasteiger partial charge on any atom is 0.264 e. The van der Waals surface area contributed by atoms with Crippen LogP contribution in [0.15, 0.2) is 47.0 Å². The number of rotatable bonds is 4. The van der Waals surface area contributed by atoms with Crippen molar-refractivity contribution in [3.05, 3.63) is 64.0 Å². The molecule has 6 heteroatoms. The van der Waals surface area contributed by atoms with Crippen molar-refractivity contribution in [1.29, 1.82) is 0 Å². The van der Waals surface area contributed by atoms with Gasteiger partial charge in [0.1, 0.15) is 5.75 Å². The fourth-order valence-corrected chi connectivity index (χ4v) is 2.13. The zero-order valence-electron chi connectivity index (χ0n) is 11.7. The Labute approximate surface area is 137 Å². The molecule has 0 amide bonds. The number of halogens is 2. The highest BCUT2D eigenvalue weighted by molar-refractivity contribution is 6.31. The quantitative estimate of drug-likeness (QED) is 0.678. The first kappa shape index (κ1) is 14.9. The fourth-order valence-electron chi connectivity index (χ4n) is 1.88. The van der Waals surface area contributed by atoms with Gasteiger partial charge in [0.05, 0.1) is 0 Å². The highest BCUT2D eigenvalue weighted by Crippen LogP contribution is 2.22. The average Bonchev–Trinajstić information content (AvgIpc) is 2.98. The lowest BCUT2D eigenvalue weighted by atomic mass is 10.2. The summed E-state index contributed by atoms with van der Waals surface area (Å²) in [6.45, 7) is 2.11. The molecule has 22 heavy (non-hydrogen) atoms. The first-order valence-electron chi connectivity index (χ1n) is 6.59. The van der Waals surface area contributed by atoms with Crippen molar-refractivity contribution < 1.29 is 9.26 Å². The summed E-state index contributed by atoms with van der Waals surface area (Å²) in [7, 11) is 0. The molecule has 0 saturated carbocycles. The first-order chi connectivity index (χ1) is 10.6. The van der Waals surface area contributed by atoms with Gasteiger partial charge in [0.2, 0.25) is 5.82 Å². The van der Waals surface area contributed by atoms with E-state index in [2.05, 4.69) is 10.1 Å². The molecule has 4 nitrogen and oxygen atoms in total. The van der Waals surface area contributed by atoms with Gasteiger partial charge in [0.15, 0.2) is 6.61 Å². The number of nitrogens with zero attached hydrogens (tertiary/aromatic N) is 2. The molecule has 0 radical (unpaired) electrons. The van der Waals surface area contributed by atoms with Crippen LogP contribution in [0, 0.1) is 6.92 Å². The van der Waals surface area contributed by atoms with Crippen LogP contribution >= 0.6 is 23.2 Å². The lowest BCUT2D eigenvalue weighted by Crippen LogP contribution is -1.96. The van der Waals surface area contributed by atoms with Gasteiger partial charge in [0, 0.05) is 15.6 Å². The summed E-state index contributed by atoms with van der Waals surface area (Å²) in [5, 5.41) is 5.29. The van der Waals surface area contributed by atoms with Crippen molar-refractivity contribution >= 4 is 23.2 Å². The van der Waals surface area contributed by atoms with Gasteiger partial charge in [-0.15, -0.1) is 0 Å². The number of hydrogen-bond acceptors (Lipinski definition) is 4. The van der Waals surface area contributed by atoms with Crippen LogP contribution in [0.4, 0.5) is 0 Å². The van der Waals surface area contributed by atoms with Gasteiger partial charge < -0.3 is 9.26 Å². The summed E-state index contributed by atoms with van der Waals surface area (Å²) in [5.41, 5.74) is 1.79. The second-order valence-corrected chi connectivity index (χ2v) is 5.56. The Bertz CT molecular complexity index is 785. The van der Waals surface area contributed by atoms with E-state index in [-0.39, 0.29) is 6.61 Å². The van der Waals surface area contributed by atoms with Crippen LogP contribution in [-0.2, 0) is 6.61 Å². The Balaban J connectivity index is 1.69. The summed E-state index contributed by atoms with van der Waals surface area (Å²) in [6.07, 6.45) is 0. The van der Waals surface area contributed by atoms with Gasteiger partial charge in [-0.25, -0.2) is 0 Å². The SMILES string of the molecule is Cc1cc(OCc2nc(-c3ccc(Cl)cc3)no2)ccc1Cl. The molecule has 0 bridgehead atoms. The predicted molar refractivity (Wildman–Crippen MR) is 85.3 cm³/mol. The zero-order valence-corrected chi connectivity index (χ0v) is 13.2. The van der Waals surface area contributed by atoms with Crippen LogP contribution in [0.1, 0.15) is 11.5 Å². The molecule has 2 aromatic carbocycles. The van der Waals surface area contributed by atoms with E-state index >= 15 is 0 Å². The van der Waals surface area contributed by atoms with Gasteiger partial charge in [-0.2, -0.15) is 4.98 Å². The lowest BCUT2D eigenvalue weighted by molar-refractivity contribution is 0.243. The third-order valence-electron chi connectivity index (χ3n) is 3.06. The molecule has 112 valence electrons. The standard InChI is InChI=1S/C16H12Cl2N2O2/c1-10-8-13(6-7-14(10)18)21-9-15-19-16(20-22-15)11-2-4-12(17)5-3-11/h2-8H,9H2,1H3. The highest BCUT2D eigenvalue weighted by atomic mass is 35.5. The monoisotopic (exact) mass is 334 g/mol. The first-order valence-corrected chi connectivity index (χ1v) is 7.35. The summed E-state index contributed by atoms with van der Waals surface area (Å²) >= 11 is 11.8. The molecular formula is C16H12Cl2N2O2. The Kier molecular flexibility index (Phi) is 4.32. The topological polar surface area (TPSA) is 48.2 Å².